The average molecular weight is 384 g/mol. The smallest absolute Gasteiger partial charge is 0.356 e. The van der Waals surface area contributed by atoms with Crippen LogP contribution in [-0.4, -0.2) is 30.9 Å². The Bertz CT molecular complexity index is 972. The molecule has 8 heteroatoms. The molecule has 2 aromatic rings. The molecule has 0 bridgehead atoms. The summed E-state index contributed by atoms with van der Waals surface area (Å²) in [6.07, 6.45) is 0. The largest absolute Gasteiger partial charge is 0.464 e. The van der Waals surface area contributed by atoms with Gasteiger partial charge in [-0.15, -0.1) is 0 Å². The van der Waals surface area contributed by atoms with E-state index in [1.807, 2.05) is 6.07 Å². The molecular formula is C19H14ClN3O4. The van der Waals surface area contributed by atoms with Crippen molar-refractivity contribution in [2.75, 3.05) is 17.0 Å². The third kappa shape index (κ3) is 2.63. The van der Waals surface area contributed by atoms with Crippen molar-refractivity contribution >= 4 is 40.8 Å². The van der Waals surface area contributed by atoms with Gasteiger partial charge >= 0.3 is 5.97 Å². The molecule has 2 aromatic carbocycles. The van der Waals surface area contributed by atoms with Crippen molar-refractivity contribution in [3.8, 4) is 0 Å². The lowest BCUT2D eigenvalue weighted by Crippen LogP contribution is -2.46. The fraction of sp³-hybridized carbons (Fsp3) is 0.105. The van der Waals surface area contributed by atoms with Crippen molar-refractivity contribution in [2.24, 2.45) is 0 Å². The van der Waals surface area contributed by atoms with Gasteiger partial charge in [-0.1, -0.05) is 29.8 Å². The first-order valence-corrected chi connectivity index (χ1v) is 8.48. The number of para-hydroxylation sites is 1. The molecule has 0 aliphatic carbocycles. The van der Waals surface area contributed by atoms with Crippen LogP contribution >= 0.6 is 11.6 Å². The highest BCUT2D eigenvalue weighted by Crippen LogP contribution is 2.36. The highest BCUT2D eigenvalue weighted by Gasteiger charge is 2.54. The van der Waals surface area contributed by atoms with E-state index in [2.05, 4.69) is 5.43 Å². The third-order valence-corrected chi connectivity index (χ3v) is 4.68. The molecule has 0 aromatic heterocycles. The van der Waals surface area contributed by atoms with Crippen LogP contribution in [0.15, 0.2) is 65.9 Å². The minimum absolute atomic E-state index is 0.0406. The SMILES string of the molecule is COC(=O)C1=C2C(=O)N(c3ccc(Cl)cc3)C(=O)C2N(c2ccccc2)N1. The molecule has 2 aliphatic heterocycles. The highest BCUT2D eigenvalue weighted by atomic mass is 35.5. The van der Waals surface area contributed by atoms with E-state index in [1.165, 1.54) is 12.1 Å². The van der Waals surface area contributed by atoms with Crippen LogP contribution in [0.25, 0.3) is 0 Å². The summed E-state index contributed by atoms with van der Waals surface area (Å²) in [5.41, 5.74) is 3.89. The Kier molecular flexibility index (Phi) is 4.08. The lowest BCUT2D eigenvalue weighted by molar-refractivity contribution is -0.136. The van der Waals surface area contributed by atoms with Gasteiger partial charge in [-0.2, -0.15) is 0 Å². The molecule has 2 amide bonds. The molecule has 1 atom stereocenters. The molecule has 1 N–H and O–H groups in total. The molecule has 1 fully saturated rings. The van der Waals surface area contributed by atoms with E-state index in [0.717, 1.165) is 4.90 Å². The Balaban J connectivity index is 1.82. The second kappa shape index (κ2) is 6.44. The van der Waals surface area contributed by atoms with Crippen LogP contribution in [-0.2, 0) is 19.1 Å². The zero-order valence-corrected chi connectivity index (χ0v) is 14.9. The molecule has 136 valence electrons. The summed E-state index contributed by atoms with van der Waals surface area (Å²) in [6.45, 7) is 0. The number of amides is 2. The van der Waals surface area contributed by atoms with Gasteiger partial charge in [0.15, 0.2) is 11.7 Å². The number of hydrazine groups is 1. The summed E-state index contributed by atoms with van der Waals surface area (Å²) in [4.78, 5) is 39.4. The number of anilines is 2. The molecule has 0 saturated carbocycles. The number of fused-ring (bicyclic) bond motifs is 1. The molecule has 1 unspecified atom stereocenters. The molecule has 2 heterocycles. The Morgan fingerprint density at radius 3 is 2.33 bits per heavy atom. The summed E-state index contributed by atoms with van der Waals surface area (Å²) in [6, 6.07) is 14.3. The number of halogens is 1. The summed E-state index contributed by atoms with van der Waals surface area (Å²) in [7, 11) is 1.22. The standard InChI is InChI=1S/C19H14ClN3O4/c1-27-19(26)15-14-16(23(21-15)13-5-3-2-4-6-13)18(25)22(17(14)24)12-9-7-11(20)8-10-12/h2-10,16,21H,1H3. The third-order valence-electron chi connectivity index (χ3n) is 4.43. The maximum Gasteiger partial charge on any atom is 0.356 e. The summed E-state index contributed by atoms with van der Waals surface area (Å²) >= 11 is 5.90. The number of esters is 1. The van der Waals surface area contributed by atoms with E-state index in [1.54, 1.807) is 48.5 Å². The maximum absolute atomic E-state index is 13.1. The van der Waals surface area contributed by atoms with E-state index in [0.29, 0.717) is 16.4 Å². The lowest BCUT2D eigenvalue weighted by atomic mass is 10.1. The lowest BCUT2D eigenvalue weighted by Gasteiger charge is -2.26. The second-order valence-electron chi connectivity index (χ2n) is 5.96. The molecule has 27 heavy (non-hydrogen) atoms. The van der Waals surface area contributed by atoms with Crippen molar-refractivity contribution < 1.29 is 19.1 Å². The van der Waals surface area contributed by atoms with Crippen LogP contribution in [0.1, 0.15) is 0 Å². The summed E-state index contributed by atoms with van der Waals surface area (Å²) in [5.74, 6) is -1.75. The number of imide groups is 1. The van der Waals surface area contributed by atoms with Crippen LogP contribution < -0.4 is 15.3 Å². The molecular weight excluding hydrogens is 370 g/mol. The summed E-state index contributed by atoms with van der Waals surface area (Å²) in [5, 5.41) is 1.98. The Labute approximate surface area is 159 Å². The fourth-order valence-electron chi connectivity index (χ4n) is 3.21. The Hall–Kier alpha value is -3.32. The highest BCUT2D eigenvalue weighted by molar-refractivity contribution is 6.34. The van der Waals surface area contributed by atoms with Crippen molar-refractivity contribution in [1.82, 2.24) is 5.43 Å². The topological polar surface area (TPSA) is 79.0 Å². The quantitative estimate of drug-likeness (QED) is 0.645. The number of carbonyl (C=O) groups is 3. The summed E-state index contributed by atoms with van der Waals surface area (Å²) < 4.78 is 4.78. The van der Waals surface area contributed by atoms with Gasteiger partial charge in [-0.3, -0.25) is 20.0 Å². The van der Waals surface area contributed by atoms with E-state index >= 15 is 0 Å². The number of hydrogen-bond donors (Lipinski definition) is 1. The number of hydrogen-bond acceptors (Lipinski definition) is 6. The second-order valence-corrected chi connectivity index (χ2v) is 6.39. The monoisotopic (exact) mass is 383 g/mol. The molecule has 2 aliphatic rings. The van der Waals surface area contributed by atoms with Gasteiger partial charge in [0.2, 0.25) is 0 Å². The predicted octanol–water partition coefficient (Wildman–Crippen LogP) is 2.03. The van der Waals surface area contributed by atoms with Crippen molar-refractivity contribution in [3.05, 3.63) is 70.9 Å². The van der Waals surface area contributed by atoms with Crippen LogP contribution in [0, 0.1) is 0 Å². The first kappa shape index (κ1) is 17.1. The normalized spacial score (nSPS) is 18.7. The predicted molar refractivity (Wildman–Crippen MR) is 98.8 cm³/mol. The number of benzene rings is 2. The van der Waals surface area contributed by atoms with Crippen LogP contribution in [0.3, 0.4) is 0 Å². The fourth-order valence-corrected chi connectivity index (χ4v) is 3.33. The van der Waals surface area contributed by atoms with Gasteiger partial charge in [0, 0.05) is 5.02 Å². The van der Waals surface area contributed by atoms with Gasteiger partial charge in [0.25, 0.3) is 11.8 Å². The van der Waals surface area contributed by atoms with Crippen LogP contribution in [0.4, 0.5) is 11.4 Å². The van der Waals surface area contributed by atoms with E-state index in [9.17, 15) is 14.4 Å². The number of ether oxygens (including phenoxy) is 1. The Morgan fingerprint density at radius 1 is 1.04 bits per heavy atom. The minimum atomic E-state index is -0.968. The van der Waals surface area contributed by atoms with Gasteiger partial charge in [0.05, 0.1) is 24.1 Å². The van der Waals surface area contributed by atoms with Crippen molar-refractivity contribution in [1.29, 1.82) is 0 Å². The number of rotatable bonds is 3. The van der Waals surface area contributed by atoms with E-state index in [-0.39, 0.29) is 11.3 Å². The molecule has 4 rings (SSSR count). The van der Waals surface area contributed by atoms with Crippen LogP contribution in [0.5, 0.6) is 0 Å². The number of methoxy groups -OCH3 is 1. The Morgan fingerprint density at radius 2 is 1.70 bits per heavy atom. The van der Waals surface area contributed by atoms with Gasteiger partial charge in [-0.05, 0) is 36.4 Å². The van der Waals surface area contributed by atoms with Gasteiger partial charge < -0.3 is 4.74 Å². The van der Waals surface area contributed by atoms with Crippen LogP contribution in [0.2, 0.25) is 5.02 Å². The molecule has 7 nitrogen and oxygen atoms in total. The zero-order chi connectivity index (χ0) is 19.1. The number of carbonyl (C=O) groups excluding carboxylic acids is 3. The van der Waals surface area contributed by atoms with E-state index < -0.39 is 23.8 Å². The zero-order valence-electron chi connectivity index (χ0n) is 14.2. The molecule has 0 radical (unpaired) electrons. The maximum atomic E-state index is 13.1. The average Bonchev–Trinajstić information content (AvgIpc) is 3.20. The minimum Gasteiger partial charge on any atom is -0.464 e. The van der Waals surface area contributed by atoms with Gasteiger partial charge in [-0.25, -0.2) is 9.69 Å². The van der Waals surface area contributed by atoms with Gasteiger partial charge in [0.1, 0.15) is 0 Å². The first-order chi connectivity index (χ1) is 13.0. The molecule has 0 spiro atoms. The van der Waals surface area contributed by atoms with Crippen molar-refractivity contribution in [3.63, 3.8) is 0 Å². The number of nitrogens with one attached hydrogen (secondary N) is 1. The number of nitrogens with zero attached hydrogens (tertiary/aromatic N) is 2. The first-order valence-electron chi connectivity index (χ1n) is 8.10. The molecule has 1 saturated heterocycles. The van der Waals surface area contributed by atoms with Crippen molar-refractivity contribution in [2.45, 2.75) is 6.04 Å². The van der Waals surface area contributed by atoms with E-state index in [4.69, 9.17) is 16.3 Å².